The highest BCUT2D eigenvalue weighted by molar-refractivity contribution is 5.82. The van der Waals surface area contributed by atoms with E-state index in [0.717, 1.165) is 27.9 Å². The van der Waals surface area contributed by atoms with Gasteiger partial charge >= 0.3 is 0 Å². The van der Waals surface area contributed by atoms with Gasteiger partial charge in [-0.15, -0.1) is 0 Å². The molecule has 0 aliphatic heterocycles. The summed E-state index contributed by atoms with van der Waals surface area (Å²) in [6.07, 6.45) is 0. The van der Waals surface area contributed by atoms with Crippen LogP contribution in [0.3, 0.4) is 0 Å². The third-order valence-electron chi connectivity index (χ3n) is 3.76. The number of nitrogens with one attached hydrogen (secondary N) is 1. The van der Waals surface area contributed by atoms with Crippen molar-refractivity contribution in [2.45, 2.75) is 0 Å². The van der Waals surface area contributed by atoms with Crippen LogP contribution in [0.2, 0.25) is 0 Å². The number of nitriles is 1. The van der Waals surface area contributed by atoms with E-state index >= 15 is 0 Å². The number of benzene rings is 3. The number of anilines is 2. The number of hydrogen-bond acceptors (Lipinski definition) is 4. The molecule has 0 bridgehead atoms. The van der Waals surface area contributed by atoms with E-state index in [4.69, 9.17) is 9.68 Å². The molecule has 0 saturated heterocycles. The fourth-order valence-corrected chi connectivity index (χ4v) is 2.54. The van der Waals surface area contributed by atoms with Crippen LogP contribution < -0.4 is 5.32 Å². The molecule has 0 aliphatic carbocycles. The van der Waals surface area contributed by atoms with Crippen molar-refractivity contribution in [3.63, 3.8) is 0 Å². The number of rotatable bonds is 3. The first-order chi connectivity index (χ1) is 11.8. The van der Waals surface area contributed by atoms with Crippen LogP contribution >= 0.6 is 0 Å². The van der Waals surface area contributed by atoms with E-state index in [0.29, 0.717) is 11.6 Å². The van der Waals surface area contributed by atoms with Crippen LogP contribution in [0.4, 0.5) is 11.7 Å². The normalized spacial score (nSPS) is 10.5. The summed E-state index contributed by atoms with van der Waals surface area (Å²) in [5.41, 5.74) is 5.16. The zero-order chi connectivity index (χ0) is 16.4. The average molecular weight is 311 g/mol. The van der Waals surface area contributed by atoms with Gasteiger partial charge in [0.05, 0.1) is 11.6 Å². The van der Waals surface area contributed by atoms with Crippen LogP contribution in [-0.4, -0.2) is 4.98 Å². The van der Waals surface area contributed by atoms with Crippen molar-refractivity contribution in [1.82, 2.24) is 4.98 Å². The van der Waals surface area contributed by atoms with Crippen molar-refractivity contribution in [3.05, 3.63) is 78.4 Å². The number of fused-ring (bicyclic) bond motifs is 1. The molecule has 0 saturated carbocycles. The van der Waals surface area contributed by atoms with Crippen LogP contribution in [0.1, 0.15) is 5.56 Å². The third kappa shape index (κ3) is 2.71. The Bertz CT molecular complexity index is 1030. The molecule has 3 aromatic carbocycles. The summed E-state index contributed by atoms with van der Waals surface area (Å²) in [6, 6.07) is 25.7. The summed E-state index contributed by atoms with van der Waals surface area (Å²) in [5, 5.41) is 12.0. The van der Waals surface area contributed by atoms with Crippen molar-refractivity contribution >= 4 is 22.8 Å². The van der Waals surface area contributed by atoms with Crippen LogP contribution in [0.15, 0.2) is 77.2 Å². The van der Waals surface area contributed by atoms with Gasteiger partial charge in [0.1, 0.15) is 5.52 Å². The Morgan fingerprint density at radius 3 is 2.38 bits per heavy atom. The van der Waals surface area contributed by atoms with Crippen LogP contribution in [0.25, 0.3) is 22.2 Å². The summed E-state index contributed by atoms with van der Waals surface area (Å²) >= 11 is 0. The Kier molecular flexibility index (Phi) is 3.45. The lowest BCUT2D eigenvalue weighted by atomic mass is 10.0. The van der Waals surface area contributed by atoms with E-state index < -0.39 is 0 Å². The zero-order valence-electron chi connectivity index (χ0n) is 12.7. The minimum absolute atomic E-state index is 0.466. The van der Waals surface area contributed by atoms with Gasteiger partial charge in [0.2, 0.25) is 0 Å². The Hall–Kier alpha value is -3.58. The molecule has 0 aliphatic rings. The molecule has 24 heavy (non-hydrogen) atoms. The summed E-state index contributed by atoms with van der Waals surface area (Å²) in [7, 11) is 0. The lowest BCUT2D eigenvalue weighted by Gasteiger charge is -2.00. The first-order valence-corrected chi connectivity index (χ1v) is 7.55. The Morgan fingerprint density at radius 1 is 0.875 bits per heavy atom. The average Bonchev–Trinajstić information content (AvgIpc) is 3.04. The standard InChI is InChI=1S/C20H13N3O/c21-13-14-6-8-15(9-7-14)16-10-11-19-18(12-16)23-20(24-19)22-17-4-2-1-3-5-17/h1-12H,(H,22,23). The molecule has 0 fully saturated rings. The van der Waals surface area contributed by atoms with Gasteiger partial charge in [0.25, 0.3) is 6.01 Å². The van der Waals surface area contributed by atoms with Crippen LogP contribution in [0.5, 0.6) is 0 Å². The SMILES string of the molecule is N#Cc1ccc(-c2ccc3oc(Nc4ccccc4)nc3c2)cc1. The van der Waals surface area contributed by atoms with Gasteiger partial charge in [-0.05, 0) is 47.5 Å². The van der Waals surface area contributed by atoms with Crippen LogP contribution in [0, 0.1) is 11.3 Å². The second-order valence-electron chi connectivity index (χ2n) is 5.38. The Morgan fingerprint density at radius 2 is 1.62 bits per heavy atom. The second kappa shape index (κ2) is 5.90. The smallest absolute Gasteiger partial charge is 0.300 e. The maximum Gasteiger partial charge on any atom is 0.300 e. The number of para-hydroxylation sites is 1. The van der Waals surface area contributed by atoms with Crippen molar-refractivity contribution < 1.29 is 4.42 Å². The third-order valence-corrected chi connectivity index (χ3v) is 3.76. The quantitative estimate of drug-likeness (QED) is 0.571. The molecular weight excluding hydrogens is 298 g/mol. The van der Waals surface area contributed by atoms with E-state index in [9.17, 15) is 0 Å². The summed E-state index contributed by atoms with van der Waals surface area (Å²) in [5.74, 6) is 0. The predicted molar refractivity (Wildman–Crippen MR) is 93.9 cm³/mol. The first kappa shape index (κ1) is 14.0. The molecule has 0 atom stereocenters. The zero-order valence-corrected chi connectivity index (χ0v) is 12.7. The molecule has 4 heteroatoms. The lowest BCUT2D eigenvalue weighted by molar-refractivity contribution is 0.623. The summed E-state index contributed by atoms with van der Waals surface area (Å²) in [6.45, 7) is 0. The molecule has 1 N–H and O–H groups in total. The number of aromatic nitrogens is 1. The molecule has 4 rings (SSSR count). The molecule has 1 heterocycles. The van der Waals surface area contributed by atoms with Gasteiger partial charge in [-0.3, -0.25) is 0 Å². The number of oxazole rings is 1. The second-order valence-corrected chi connectivity index (χ2v) is 5.38. The van der Waals surface area contributed by atoms with Gasteiger partial charge in [0.15, 0.2) is 5.58 Å². The summed E-state index contributed by atoms with van der Waals surface area (Å²) in [4.78, 5) is 4.50. The minimum atomic E-state index is 0.466. The summed E-state index contributed by atoms with van der Waals surface area (Å²) < 4.78 is 5.73. The molecule has 114 valence electrons. The van der Waals surface area contributed by atoms with E-state index in [1.807, 2.05) is 72.8 Å². The molecule has 0 amide bonds. The van der Waals surface area contributed by atoms with E-state index in [2.05, 4.69) is 16.4 Å². The van der Waals surface area contributed by atoms with Gasteiger partial charge in [-0.2, -0.15) is 10.2 Å². The van der Waals surface area contributed by atoms with Crippen molar-refractivity contribution in [1.29, 1.82) is 5.26 Å². The topological polar surface area (TPSA) is 61.9 Å². The number of hydrogen-bond donors (Lipinski definition) is 1. The molecule has 0 spiro atoms. The monoisotopic (exact) mass is 311 g/mol. The van der Waals surface area contributed by atoms with Gasteiger partial charge in [-0.25, -0.2) is 0 Å². The van der Waals surface area contributed by atoms with E-state index in [1.54, 1.807) is 0 Å². The van der Waals surface area contributed by atoms with Gasteiger partial charge in [-0.1, -0.05) is 36.4 Å². The van der Waals surface area contributed by atoms with E-state index in [1.165, 1.54) is 0 Å². The van der Waals surface area contributed by atoms with Gasteiger partial charge < -0.3 is 9.73 Å². The largest absolute Gasteiger partial charge is 0.423 e. The minimum Gasteiger partial charge on any atom is -0.423 e. The highest BCUT2D eigenvalue weighted by Crippen LogP contribution is 2.27. The number of nitrogens with zero attached hydrogens (tertiary/aromatic N) is 2. The highest BCUT2D eigenvalue weighted by atomic mass is 16.4. The molecule has 0 unspecified atom stereocenters. The molecule has 1 aromatic heterocycles. The predicted octanol–water partition coefficient (Wildman–Crippen LogP) is 5.11. The Balaban J connectivity index is 1.66. The lowest BCUT2D eigenvalue weighted by Crippen LogP contribution is -1.88. The highest BCUT2D eigenvalue weighted by Gasteiger charge is 2.08. The fourth-order valence-electron chi connectivity index (χ4n) is 2.54. The molecular formula is C20H13N3O. The molecule has 0 radical (unpaired) electrons. The molecule has 4 aromatic rings. The Labute approximate surface area is 139 Å². The fraction of sp³-hybridized carbons (Fsp3) is 0. The maximum atomic E-state index is 8.88. The maximum absolute atomic E-state index is 8.88. The molecule has 4 nitrogen and oxygen atoms in total. The van der Waals surface area contributed by atoms with Crippen molar-refractivity contribution in [2.75, 3.05) is 5.32 Å². The van der Waals surface area contributed by atoms with Crippen LogP contribution in [-0.2, 0) is 0 Å². The van der Waals surface area contributed by atoms with Crippen molar-refractivity contribution in [2.24, 2.45) is 0 Å². The first-order valence-electron chi connectivity index (χ1n) is 7.55. The van der Waals surface area contributed by atoms with Gasteiger partial charge in [0, 0.05) is 5.69 Å². The van der Waals surface area contributed by atoms with Crippen molar-refractivity contribution in [3.8, 4) is 17.2 Å². The van der Waals surface area contributed by atoms with E-state index in [-0.39, 0.29) is 0 Å².